The number of hydrogen-bond donors (Lipinski definition) is 2. The highest BCUT2D eigenvalue weighted by molar-refractivity contribution is 5.92. The molecule has 0 aliphatic rings. The van der Waals surface area contributed by atoms with Gasteiger partial charge in [0.1, 0.15) is 18.1 Å². The van der Waals surface area contributed by atoms with E-state index in [1.165, 1.54) is 6.20 Å². The monoisotopic (exact) mass is 320 g/mol. The molecule has 1 amide bonds. The van der Waals surface area contributed by atoms with E-state index in [2.05, 4.69) is 4.98 Å². The van der Waals surface area contributed by atoms with E-state index in [0.717, 1.165) is 22.4 Å². The van der Waals surface area contributed by atoms with Crippen molar-refractivity contribution in [2.45, 2.75) is 6.61 Å². The lowest BCUT2D eigenvalue weighted by Crippen LogP contribution is -2.19. The van der Waals surface area contributed by atoms with Gasteiger partial charge >= 0.3 is 0 Å². The first-order valence-electron chi connectivity index (χ1n) is 7.44. The molecule has 120 valence electrons. The fourth-order valence-electron chi connectivity index (χ4n) is 2.28. The molecule has 2 aromatic carbocycles. The number of carbonyl (C=O) groups is 1. The zero-order valence-electron chi connectivity index (χ0n) is 12.8. The standard InChI is InChI=1S/C19H16N2O3/c22-19(21-23)18-12-16(10-11-20-18)15-6-8-17(9-7-15)24-13-14-4-2-1-3-5-14/h1-12,23H,13H2,(H,21,22). The third-order valence-corrected chi connectivity index (χ3v) is 3.53. The number of hydrogen-bond acceptors (Lipinski definition) is 4. The summed E-state index contributed by atoms with van der Waals surface area (Å²) in [6, 6.07) is 21.0. The summed E-state index contributed by atoms with van der Waals surface area (Å²) in [5.74, 6) is 0.129. The minimum Gasteiger partial charge on any atom is -0.489 e. The number of rotatable bonds is 5. The number of nitrogens with one attached hydrogen (secondary N) is 1. The molecule has 0 bridgehead atoms. The van der Waals surface area contributed by atoms with Crippen molar-refractivity contribution in [1.82, 2.24) is 10.5 Å². The Balaban J connectivity index is 1.71. The Morgan fingerprint density at radius 3 is 2.46 bits per heavy atom. The molecule has 0 aliphatic carbocycles. The van der Waals surface area contributed by atoms with Crippen LogP contribution in [0, 0.1) is 0 Å². The number of aromatic nitrogens is 1. The Bertz CT molecular complexity index is 818. The quantitative estimate of drug-likeness (QED) is 0.558. The van der Waals surface area contributed by atoms with Crippen LogP contribution in [0.1, 0.15) is 16.1 Å². The molecule has 0 aliphatic heterocycles. The molecule has 0 unspecified atom stereocenters. The molecule has 0 radical (unpaired) electrons. The van der Waals surface area contributed by atoms with Gasteiger partial charge in [-0.05, 0) is 41.0 Å². The van der Waals surface area contributed by atoms with Crippen LogP contribution in [0.4, 0.5) is 0 Å². The Morgan fingerprint density at radius 2 is 1.75 bits per heavy atom. The average Bonchev–Trinajstić information content (AvgIpc) is 2.67. The van der Waals surface area contributed by atoms with Crippen LogP contribution < -0.4 is 10.2 Å². The largest absolute Gasteiger partial charge is 0.489 e. The molecule has 5 heteroatoms. The van der Waals surface area contributed by atoms with Crippen molar-refractivity contribution < 1.29 is 14.7 Å². The van der Waals surface area contributed by atoms with Crippen molar-refractivity contribution in [3.05, 3.63) is 84.2 Å². The van der Waals surface area contributed by atoms with Gasteiger partial charge in [0.2, 0.25) is 0 Å². The molecule has 0 spiro atoms. The lowest BCUT2D eigenvalue weighted by atomic mass is 10.1. The highest BCUT2D eigenvalue weighted by atomic mass is 16.5. The average molecular weight is 320 g/mol. The van der Waals surface area contributed by atoms with Crippen LogP contribution in [-0.4, -0.2) is 16.1 Å². The van der Waals surface area contributed by atoms with Gasteiger partial charge in [-0.2, -0.15) is 0 Å². The third kappa shape index (κ3) is 3.77. The van der Waals surface area contributed by atoms with Crippen molar-refractivity contribution in [1.29, 1.82) is 0 Å². The lowest BCUT2D eigenvalue weighted by molar-refractivity contribution is 0.0701. The molecular formula is C19H16N2O3. The van der Waals surface area contributed by atoms with Gasteiger partial charge in [0, 0.05) is 6.20 Å². The fraction of sp³-hybridized carbons (Fsp3) is 0.0526. The van der Waals surface area contributed by atoms with Gasteiger partial charge < -0.3 is 4.74 Å². The number of pyridine rings is 1. The smallest absolute Gasteiger partial charge is 0.293 e. The van der Waals surface area contributed by atoms with E-state index < -0.39 is 5.91 Å². The van der Waals surface area contributed by atoms with Gasteiger partial charge in [0.15, 0.2) is 0 Å². The molecule has 1 heterocycles. The maximum absolute atomic E-state index is 11.4. The van der Waals surface area contributed by atoms with Gasteiger partial charge in [0.05, 0.1) is 0 Å². The van der Waals surface area contributed by atoms with Gasteiger partial charge in [-0.15, -0.1) is 0 Å². The van der Waals surface area contributed by atoms with E-state index in [1.807, 2.05) is 54.6 Å². The summed E-state index contributed by atoms with van der Waals surface area (Å²) in [5, 5.41) is 8.68. The Morgan fingerprint density at radius 1 is 1.00 bits per heavy atom. The first-order valence-corrected chi connectivity index (χ1v) is 7.44. The first-order chi connectivity index (χ1) is 11.8. The van der Waals surface area contributed by atoms with Crippen LogP contribution in [0.15, 0.2) is 72.9 Å². The van der Waals surface area contributed by atoms with Crippen molar-refractivity contribution in [2.24, 2.45) is 0 Å². The second kappa shape index (κ2) is 7.39. The van der Waals surface area contributed by atoms with Crippen LogP contribution in [-0.2, 0) is 6.61 Å². The fourth-order valence-corrected chi connectivity index (χ4v) is 2.28. The Kier molecular flexibility index (Phi) is 4.84. The van der Waals surface area contributed by atoms with Crippen LogP contribution in [0.25, 0.3) is 11.1 Å². The molecule has 3 aromatic rings. The Labute approximate surface area is 139 Å². The summed E-state index contributed by atoms with van der Waals surface area (Å²) in [4.78, 5) is 15.3. The van der Waals surface area contributed by atoms with Gasteiger partial charge in [-0.1, -0.05) is 42.5 Å². The lowest BCUT2D eigenvalue weighted by Gasteiger charge is -2.08. The minimum atomic E-state index is -0.639. The molecular weight excluding hydrogens is 304 g/mol. The highest BCUT2D eigenvalue weighted by Crippen LogP contribution is 2.23. The molecule has 2 N–H and O–H groups in total. The molecule has 3 rings (SSSR count). The molecule has 5 nitrogen and oxygen atoms in total. The normalized spacial score (nSPS) is 10.2. The molecule has 0 saturated carbocycles. The number of ether oxygens (including phenoxy) is 1. The topological polar surface area (TPSA) is 71.5 Å². The minimum absolute atomic E-state index is 0.152. The molecule has 1 aromatic heterocycles. The van der Waals surface area contributed by atoms with E-state index in [-0.39, 0.29) is 5.69 Å². The number of benzene rings is 2. The summed E-state index contributed by atoms with van der Waals surface area (Å²) in [6.07, 6.45) is 1.53. The van der Waals surface area contributed by atoms with Gasteiger partial charge in [-0.3, -0.25) is 15.0 Å². The maximum Gasteiger partial charge on any atom is 0.293 e. The SMILES string of the molecule is O=C(NO)c1cc(-c2ccc(OCc3ccccc3)cc2)ccn1. The van der Waals surface area contributed by atoms with Gasteiger partial charge in [-0.25, -0.2) is 5.48 Å². The number of nitrogens with zero attached hydrogens (tertiary/aromatic N) is 1. The molecule has 0 saturated heterocycles. The summed E-state index contributed by atoms with van der Waals surface area (Å²) in [6.45, 7) is 0.510. The second-order valence-corrected chi connectivity index (χ2v) is 5.17. The molecule has 0 fully saturated rings. The van der Waals surface area contributed by atoms with Crippen LogP contribution in [0.3, 0.4) is 0 Å². The van der Waals surface area contributed by atoms with E-state index in [1.54, 1.807) is 17.6 Å². The Hall–Kier alpha value is -3.18. The zero-order valence-corrected chi connectivity index (χ0v) is 12.8. The number of amides is 1. The molecule has 0 atom stereocenters. The second-order valence-electron chi connectivity index (χ2n) is 5.17. The van der Waals surface area contributed by atoms with Crippen molar-refractivity contribution in [3.63, 3.8) is 0 Å². The van der Waals surface area contributed by atoms with Crippen molar-refractivity contribution >= 4 is 5.91 Å². The third-order valence-electron chi connectivity index (χ3n) is 3.53. The van der Waals surface area contributed by atoms with E-state index in [4.69, 9.17) is 9.94 Å². The van der Waals surface area contributed by atoms with E-state index in [9.17, 15) is 4.79 Å². The summed E-state index contributed by atoms with van der Waals surface area (Å²) >= 11 is 0. The summed E-state index contributed by atoms with van der Waals surface area (Å²) in [7, 11) is 0. The summed E-state index contributed by atoms with van der Waals surface area (Å²) < 4.78 is 5.75. The predicted molar refractivity (Wildman–Crippen MR) is 89.7 cm³/mol. The maximum atomic E-state index is 11.4. The van der Waals surface area contributed by atoms with Crippen LogP contribution in [0.5, 0.6) is 5.75 Å². The molecule has 24 heavy (non-hydrogen) atoms. The number of carbonyl (C=O) groups excluding carboxylic acids is 1. The van der Waals surface area contributed by atoms with Crippen LogP contribution in [0.2, 0.25) is 0 Å². The van der Waals surface area contributed by atoms with E-state index in [0.29, 0.717) is 6.61 Å². The van der Waals surface area contributed by atoms with E-state index >= 15 is 0 Å². The zero-order chi connectivity index (χ0) is 16.8. The summed E-state index contributed by atoms with van der Waals surface area (Å²) in [5.41, 5.74) is 4.60. The van der Waals surface area contributed by atoms with Crippen molar-refractivity contribution in [2.75, 3.05) is 0 Å². The van der Waals surface area contributed by atoms with Gasteiger partial charge in [0.25, 0.3) is 5.91 Å². The van der Waals surface area contributed by atoms with Crippen LogP contribution >= 0.6 is 0 Å². The predicted octanol–water partition coefficient (Wildman–Crippen LogP) is 3.45. The number of hydroxylamine groups is 1. The first kappa shape index (κ1) is 15.7. The highest BCUT2D eigenvalue weighted by Gasteiger charge is 2.07. The van der Waals surface area contributed by atoms with Crippen molar-refractivity contribution in [3.8, 4) is 16.9 Å².